The van der Waals surface area contributed by atoms with Gasteiger partial charge in [-0.05, 0) is 67.8 Å². The van der Waals surface area contributed by atoms with Crippen molar-refractivity contribution < 1.29 is 9.64 Å². The maximum Gasteiger partial charge on any atom is 0.222 e. The summed E-state index contributed by atoms with van der Waals surface area (Å²) in [5, 5.41) is 26.2. The van der Waals surface area contributed by atoms with Crippen molar-refractivity contribution >= 4 is 11.6 Å². The number of pyridine rings is 1. The third-order valence-electron chi connectivity index (χ3n) is 7.04. The minimum Gasteiger partial charge on any atom is -0.612 e. The summed E-state index contributed by atoms with van der Waals surface area (Å²) in [6.45, 7) is 8.76. The van der Waals surface area contributed by atoms with Gasteiger partial charge in [0.15, 0.2) is 0 Å². The minimum absolute atomic E-state index is 0.0526. The van der Waals surface area contributed by atoms with E-state index in [2.05, 4.69) is 60.4 Å². The van der Waals surface area contributed by atoms with Crippen LogP contribution in [-0.4, -0.2) is 40.0 Å². The van der Waals surface area contributed by atoms with Crippen LogP contribution in [0.1, 0.15) is 39.2 Å². The molecule has 2 heterocycles. The third-order valence-corrected chi connectivity index (χ3v) is 7.04. The average Bonchev–Trinajstić information content (AvgIpc) is 3.30. The van der Waals surface area contributed by atoms with Gasteiger partial charge in [0.2, 0.25) is 17.5 Å². The smallest absolute Gasteiger partial charge is 0.222 e. The van der Waals surface area contributed by atoms with Gasteiger partial charge in [-0.25, -0.2) is 5.43 Å². The molecule has 8 nitrogen and oxygen atoms in total. The second-order valence-corrected chi connectivity index (χ2v) is 10.0. The molecule has 186 valence electrons. The first-order valence-corrected chi connectivity index (χ1v) is 12.2. The number of nitrogens with one attached hydrogen (secondary N) is 1. The molecule has 1 aromatic heterocycles. The summed E-state index contributed by atoms with van der Waals surface area (Å²) in [7, 11) is 2.18. The molecule has 0 bridgehead atoms. The predicted octanol–water partition coefficient (Wildman–Crippen LogP) is 4.48. The molecule has 0 fully saturated rings. The van der Waals surface area contributed by atoms with Crippen LogP contribution in [0.3, 0.4) is 0 Å². The Labute approximate surface area is 207 Å². The molecule has 35 heavy (non-hydrogen) atoms. The molecule has 0 aromatic carbocycles. The lowest BCUT2D eigenvalue weighted by molar-refractivity contribution is -0.377. The van der Waals surface area contributed by atoms with Crippen molar-refractivity contribution in [3.63, 3.8) is 0 Å². The molecular formula is C27H34N5O3-. The molecule has 2 aliphatic carbocycles. The predicted molar refractivity (Wildman–Crippen MR) is 138 cm³/mol. The summed E-state index contributed by atoms with van der Waals surface area (Å²) < 4.78 is 6.00. The highest BCUT2D eigenvalue weighted by atomic mass is 16.8. The van der Waals surface area contributed by atoms with Crippen LogP contribution in [0.4, 0.5) is 0 Å². The van der Waals surface area contributed by atoms with Crippen LogP contribution in [0, 0.1) is 34.1 Å². The lowest BCUT2D eigenvalue weighted by atomic mass is 9.69. The first-order valence-electron chi connectivity index (χ1n) is 12.2. The fourth-order valence-corrected chi connectivity index (χ4v) is 5.15. The van der Waals surface area contributed by atoms with E-state index in [1.807, 2.05) is 18.5 Å². The zero-order valence-corrected chi connectivity index (χ0v) is 20.8. The highest BCUT2D eigenvalue weighted by Crippen LogP contribution is 2.40. The normalized spacial score (nSPS) is 23.9. The molecule has 0 radical (unpaired) electrons. The number of allylic oxidation sites excluding steroid dienone is 6. The molecule has 0 unspecified atom stereocenters. The molecule has 3 aliphatic rings. The number of rotatable bonds is 7. The highest BCUT2D eigenvalue weighted by molar-refractivity contribution is 6.02. The van der Waals surface area contributed by atoms with Gasteiger partial charge in [0.05, 0.1) is 0 Å². The molecule has 0 spiro atoms. The Hall–Kier alpha value is -3.39. The third kappa shape index (κ3) is 6.19. The first-order chi connectivity index (χ1) is 16.8. The van der Waals surface area contributed by atoms with Crippen molar-refractivity contribution in [2.75, 3.05) is 13.6 Å². The fraction of sp³-hybridized carbons (Fsp3) is 0.444. The summed E-state index contributed by atoms with van der Waals surface area (Å²) >= 11 is 0. The van der Waals surface area contributed by atoms with Gasteiger partial charge in [0.25, 0.3) is 0 Å². The number of nitrogens with zero attached hydrogens (tertiary/aromatic N) is 4. The van der Waals surface area contributed by atoms with E-state index >= 15 is 0 Å². The van der Waals surface area contributed by atoms with Crippen LogP contribution in [0.25, 0.3) is 0 Å². The summed E-state index contributed by atoms with van der Waals surface area (Å²) in [4.78, 5) is 6.22. The Morgan fingerprint density at radius 1 is 1.23 bits per heavy atom. The van der Waals surface area contributed by atoms with Gasteiger partial charge in [0.1, 0.15) is 0 Å². The molecular weight excluding hydrogens is 442 g/mol. The quantitative estimate of drug-likeness (QED) is 0.354. The number of aromatic nitrogens is 1. The first kappa shape index (κ1) is 24.7. The largest absolute Gasteiger partial charge is 0.612 e. The molecule has 0 saturated heterocycles. The van der Waals surface area contributed by atoms with E-state index in [-0.39, 0.29) is 5.71 Å². The van der Waals surface area contributed by atoms with Gasteiger partial charge in [-0.15, -0.1) is 5.10 Å². The molecule has 1 aliphatic heterocycles. The number of hydrogen-bond donors (Lipinski definition) is 1. The van der Waals surface area contributed by atoms with Crippen molar-refractivity contribution in [3.05, 3.63) is 87.9 Å². The van der Waals surface area contributed by atoms with Crippen molar-refractivity contribution in [1.29, 1.82) is 0 Å². The molecule has 4 rings (SSSR count). The second-order valence-electron chi connectivity index (χ2n) is 10.0. The molecule has 0 saturated carbocycles. The van der Waals surface area contributed by atoms with Crippen LogP contribution < -0.4 is 5.43 Å². The molecule has 0 amide bonds. The highest BCUT2D eigenvalue weighted by Gasteiger charge is 2.34. The van der Waals surface area contributed by atoms with Gasteiger partial charge < -0.3 is 20.1 Å². The summed E-state index contributed by atoms with van der Waals surface area (Å²) in [5.74, 6) is 3.20. The van der Waals surface area contributed by atoms with E-state index in [4.69, 9.17) is 4.74 Å². The van der Waals surface area contributed by atoms with Gasteiger partial charge >= 0.3 is 0 Å². The van der Waals surface area contributed by atoms with Crippen LogP contribution in [-0.2, 0) is 11.3 Å². The van der Waals surface area contributed by atoms with E-state index in [0.29, 0.717) is 35.5 Å². The molecule has 1 aromatic rings. The molecule has 3 atom stereocenters. The maximum absolute atomic E-state index is 10.9. The maximum atomic E-state index is 10.9. The van der Waals surface area contributed by atoms with Crippen molar-refractivity contribution in [2.45, 2.75) is 40.2 Å². The van der Waals surface area contributed by atoms with Gasteiger partial charge in [-0.1, -0.05) is 31.6 Å². The van der Waals surface area contributed by atoms with Crippen LogP contribution in [0.2, 0.25) is 0 Å². The summed E-state index contributed by atoms with van der Waals surface area (Å²) in [6.07, 6.45) is 14.3. The SMILES string of the molecule is CC1=C[C@@H](CN(C)Cc2cccnc2)[C@H](C(C)C)C[C@H]1CC1=NNC(=C2C=CC(=[N+]([O-])[O-])C=C2)O1. The lowest BCUT2D eigenvalue weighted by Crippen LogP contribution is -2.35. The van der Waals surface area contributed by atoms with Crippen molar-refractivity contribution in [2.24, 2.45) is 28.8 Å². The Morgan fingerprint density at radius 2 is 2.00 bits per heavy atom. The van der Waals surface area contributed by atoms with Crippen molar-refractivity contribution in [3.8, 4) is 0 Å². The van der Waals surface area contributed by atoms with E-state index in [1.54, 1.807) is 12.2 Å². The monoisotopic (exact) mass is 476 g/mol. The summed E-state index contributed by atoms with van der Waals surface area (Å²) in [5.41, 5.74) is 6.36. The standard InChI is InChI=1S/C27H34N5O3/c1-18(2)25-13-22(19(3)12-23(25)17-31(4)16-20-6-5-11-28-15-20)14-26-29-30-27(35-26)21-7-9-24(10-8-21)32(33)34/h5-12,15,18,22-23,25,30H,13-14,16-17H2,1-4H3/q-1/t22-,23-,25-/m0/s1. The Morgan fingerprint density at radius 3 is 2.66 bits per heavy atom. The number of hydrazone groups is 1. The van der Waals surface area contributed by atoms with Gasteiger partial charge in [-0.2, -0.15) is 4.90 Å². The zero-order chi connectivity index (χ0) is 24.9. The van der Waals surface area contributed by atoms with Crippen LogP contribution in [0.5, 0.6) is 0 Å². The minimum atomic E-state index is -0.410. The second kappa shape index (κ2) is 10.9. The van der Waals surface area contributed by atoms with Gasteiger partial charge in [0, 0.05) is 49.6 Å². The number of hydrogen-bond acceptors (Lipinski definition) is 7. The van der Waals surface area contributed by atoms with E-state index in [9.17, 15) is 10.4 Å². The van der Waals surface area contributed by atoms with Gasteiger partial charge in [-0.3, -0.25) is 4.98 Å². The topological polar surface area (TPSA) is 98.9 Å². The van der Waals surface area contributed by atoms with Crippen LogP contribution in [0.15, 0.2) is 77.0 Å². The van der Waals surface area contributed by atoms with E-state index in [0.717, 1.165) is 31.5 Å². The zero-order valence-electron chi connectivity index (χ0n) is 20.8. The molecule has 8 heteroatoms. The average molecular weight is 477 g/mol. The summed E-state index contributed by atoms with van der Waals surface area (Å²) in [6, 6.07) is 4.11. The van der Waals surface area contributed by atoms with Crippen LogP contribution >= 0.6 is 0 Å². The van der Waals surface area contributed by atoms with E-state index in [1.165, 1.54) is 23.3 Å². The lowest BCUT2D eigenvalue weighted by Gasteiger charge is -2.38. The van der Waals surface area contributed by atoms with Crippen molar-refractivity contribution in [1.82, 2.24) is 15.3 Å². The fourth-order valence-electron chi connectivity index (χ4n) is 5.15. The number of ether oxygens (including phenoxy) is 1. The Bertz CT molecular complexity index is 1080. The Balaban J connectivity index is 1.39. The molecule has 1 N–H and O–H groups in total. The van der Waals surface area contributed by atoms with E-state index < -0.39 is 4.90 Å². The Kier molecular flexibility index (Phi) is 7.70.